The molecule has 0 radical (unpaired) electrons. The van der Waals surface area contributed by atoms with E-state index in [0.717, 1.165) is 16.7 Å². The van der Waals surface area contributed by atoms with Crippen molar-refractivity contribution in [3.8, 4) is 11.8 Å². The van der Waals surface area contributed by atoms with E-state index in [1.165, 1.54) is 0 Å². The predicted molar refractivity (Wildman–Crippen MR) is 81.9 cm³/mol. The van der Waals surface area contributed by atoms with Gasteiger partial charge in [0, 0.05) is 5.56 Å². The average molecular weight is 281 g/mol. The number of ether oxygens (including phenoxy) is 1. The van der Waals surface area contributed by atoms with Crippen molar-refractivity contribution in [3.63, 3.8) is 0 Å². The highest BCUT2D eigenvalue weighted by Gasteiger charge is 2.11. The summed E-state index contributed by atoms with van der Waals surface area (Å²) in [6, 6.07) is 15.2. The van der Waals surface area contributed by atoms with Crippen LogP contribution < -0.4 is 4.74 Å². The van der Waals surface area contributed by atoms with Gasteiger partial charge in [-0.25, -0.2) is 0 Å². The van der Waals surface area contributed by atoms with Gasteiger partial charge in [0.05, 0.1) is 17.7 Å². The van der Waals surface area contributed by atoms with E-state index in [9.17, 15) is 5.11 Å². The standard InChI is InChI=1S/C18H19NO2/c1-3-17(20)16-6-4-5-7-18(16)21-12-15-9-8-14(11-19)10-13(15)2/h4-10,17,20H,3,12H2,1-2H3. The Morgan fingerprint density at radius 2 is 2.00 bits per heavy atom. The SMILES string of the molecule is CCC(O)c1ccccc1OCc1ccc(C#N)cc1C. The summed E-state index contributed by atoms with van der Waals surface area (Å²) in [5, 5.41) is 18.9. The van der Waals surface area contributed by atoms with Crippen molar-refractivity contribution >= 4 is 0 Å². The lowest BCUT2D eigenvalue weighted by molar-refractivity contribution is 0.166. The molecule has 0 aliphatic carbocycles. The predicted octanol–water partition coefficient (Wildman–Crippen LogP) is 3.89. The maximum Gasteiger partial charge on any atom is 0.125 e. The van der Waals surface area contributed by atoms with E-state index in [1.54, 1.807) is 6.07 Å². The third kappa shape index (κ3) is 3.62. The maximum atomic E-state index is 10.0. The minimum Gasteiger partial charge on any atom is -0.489 e. The third-order valence-electron chi connectivity index (χ3n) is 3.52. The van der Waals surface area contributed by atoms with Crippen molar-refractivity contribution in [3.05, 3.63) is 64.7 Å². The normalized spacial score (nSPS) is 11.7. The van der Waals surface area contributed by atoms with Gasteiger partial charge >= 0.3 is 0 Å². The highest BCUT2D eigenvalue weighted by atomic mass is 16.5. The summed E-state index contributed by atoms with van der Waals surface area (Å²) < 4.78 is 5.86. The topological polar surface area (TPSA) is 53.2 Å². The molecule has 0 aliphatic heterocycles. The monoisotopic (exact) mass is 281 g/mol. The van der Waals surface area contributed by atoms with Crippen LogP contribution in [0.2, 0.25) is 0 Å². The molecule has 0 aliphatic rings. The zero-order valence-electron chi connectivity index (χ0n) is 12.3. The van der Waals surface area contributed by atoms with E-state index in [4.69, 9.17) is 10.00 Å². The first-order valence-corrected chi connectivity index (χ1v) is 7.05. The molecule has 0 bridgehead atoms. The summed E-state index contributed by atoms with van der Waals surface area (Å²) in [4.78, 5) is 0. The van der Waals surface area contributed by atoms with Crippen molar-refractivity contribution in [2.75, 3.05) is 0 Å². The van der Waals surface area contributed by atoms with Crippen molar-refractivity contribution in [1.29, 1.82) is 5.26 Å². The van der Waals surface area contributed by atoms with Crippen LogP contribution in [0.4, 0.5) is 0 Å². The van der Waals surface area contributed by atoms with Crippen molar-refractivity contribution in [2.24, 2.45) is 0 Å². The van der Waals surface area contributed by atoms with E-state index < -0.39 is 6.10 Å². The summed E-state index contributed by atoms with van der Waals surface area (Å²) in [6.45, 7) is 4.32. The number of aryl methyl sites for hydroxylation is 1. The third-order valence-corrected chi connectivity index (χ3v) is 3.52. The highest BCUT2D eigenvalue weighted by Crippen LogP contribution is 2.27. The van der Waals surface area contributed by atoms with Crippen LogP contribution in [0.15, 0.2) is 42.5 Å². The first kappa shape index (κ1) is 15.1. The molecule has 0 amide bonds. The van der Waals surface area contributed by atoms with Crippen LogP contribution in [0.3, 0.4) is 0 Å². The van der Waals surface area contributed by atoms with Crippen LogP contribution in [0.25, 0.3) is 0 Å². The molecule has 3 heteroatoms. The van der Waals surface area contributed by atoms with Gasteiger partial charge in [-0.05, 0) is 42.7 Å². The Labute approximate surface area is 125 Å². The summed E-state index contributed by atoms with van der Waals surface area (Å²) >= 11 is 0. The summed E-state index contributed by atoms with van der Waals surface area (Å²) in [6.07, 6.45) is 0.138. The number of aliphatic hydroxyl groups excluding tert-OH is 1. The van der Waals surface area contributed by atoms with Crippen LogP contribution in [0, 0.1) is 18.3 Å². The smallest absolute Gasteiger partial charge is 0.125 e. The lowest BCUT2D eigenvalue weighted by Crippen LogP contribution is -2.03. The Morgan fingerprint density at radius 3 is 2.67 bits per heavy atom. The molecule has 108 valence electrons. The molecule has 0 saturated carbocycles. The van der Waals surface area contributed by atoms with Gasteiger partial charge in [-0.2, -0.15) is 5.26 Å². The minimum absolute atomic E-state index is 0.422. The second-order valence-corrected chi connectivity index (χ2v) is 5.00. The molecule has 1 N–H and O–H groups in total. The molecule has 0 saturated heterocycles. The number of nitriles is 1. The fraction of sp³-hybridized carbons (Fsp3) is 0.278. The van der Waals surface area contributed by atoms with E-state index in [-0.39, 0.29) is 0 Å². The minimum atomic E-state index is -0.511. The van der Waals surface area contributed by atoms with Crippen molar-refractivity contribution in [2.45, 2.75) is 33.0 Å². The van der Waals surface area contributed by atoms with Gasteiger partial charge < -0.3 is 9.84 Å². The Hall–Kier alpha value is -2.31. The Bertz CT molecular complexity index is 659. The maximum absolute atomic E-state index is 10.0. The van der Waals surface area contributed by atoms with Crippen LogP contribution in [-0.2, 0) is 6.61 Å². The molecular weight excluding hydrogens is 262 g/mol. The van der Waals surface area contributed by atoms with E-state index in [2.05, 4.69) is 6.07 Å². The van der Waals surface area contributed by atoms with Crippen molar-refractivity contribution < 1.29 is 9.84 Å². The second kappa shape index (κ2) is 6.92. The van der Waals surface area contributed by atoms with E-state index in [1.807, 2.05) is 50.2 Å². The van der Waals surface area contributed by atoms with Gasteiger partial charge in [-0.3, -0.25) is 0 Å². The van der Waals surface area contributed by atoms with Gasteiger partial charge in [0.25, 0.3) is 0 Å². The molecule has 1 unspecified atom stereocenters. The van der Waals surface area contributed by atoms with Gasteiger partial charge in [-0.1, -0.05) is 31.2 Å². The quantitative estimate of drug-likeness (QED) is 0.904. The molecular formula is C18H19NO2. The average Bonchev–Trinajstić information content (AvgIpc) is 2.53. The van der Waals surface area contributed by atoms with E-state index >= 15 is 0 Å². The molecule has 2 aromatic carbocycles. The molecule has 1 atom stereocenters. The first-order valence-electron chi connectivity index (χ1n) is 7.05. The summed E-state index contributed by atoms with van der Waals surface area (Å²) in [7, 11) is 0. The fourth-order valence-electron chi connectivity index (χ4n) is 2.19. The largest absolute Gasteiger partial charge is 0.489 e. The number of benzene rings is 2. The molecule has 0 spiro atoms. The second-order valence-electron chi connectivity index (χ2n) is 5.00. The molecule has 0 fully saturated rings. The number of rotatable bonds is 5. The van der Waals surface area contributed by atoms with Crippen LogP contribution in [0.5, 0.6) is 5.75 Å². The Balaban J connectivity index is 2.16. The number of hydrogen-bond acceptors (Lipinski definition) is 3. The van der Waals surface area contributed by atoms with Crippen molar-refractivity contribution in [1.82, 2.24) is 0 Å². The first-order chi connectivity index (χ1) is 10.2. The van der Waals surface area contributed by atoms with E-state index in [0.29, 0.717) is 24.3 Å². The van der Waals surface area contributed by atoms with Gasteiger partial charge in [0.1, 0.15) is 12.4 Å². The Kier molecular flexibility index (Phi) is 4.97. The fourth-order valence-corrected chi connectivity index (χ4v) is 2.19. The van der Waals surface area contributed by atoms with Gasteiger partial charge in [0.15, 0.2) is 0 Å². The molecule has 3 nitrogen and oxygen atoms in total. The molecule has 2 rings (SSSR count). The number of hydrogen-bond donors (Lipinski definition) is 1. The summed E-state index contributed by atoms with van der Waals surface area (Å²) in [5.74, 6) is 0.704. The zero-order chi connectivity index (χ0) is 15.2. The number of aliphatic hydroxyl groups is 1. The number of nitrogens with zero attached hydrogens (tertiary/aromatic N) is 1. The molecule has 0 heterocycles. The molecule has 21 heavy (non-hydrogen) atoms. The van der Waals surface area contributed by atoms with Crippen LogP contribution >= 0.6 is 0 Å². The highest BCUT2D eigenvalue weighted by molar-refractivity contribution is 5.38. The Morgan fingerprint density at radius 1 is 1.24 bits per heavy atom. The zero-order valence-corrected chi connectivity index (χ0v) is 12.3. The molecule has 0 aromatic heterocycles. The number of para-hydroxylation sites is 1. The van der Waals surface area contributed by atoms with Gasteiger partial charge in [-0.15, -0.1) is 0 Å². The van der Waals surface area contributed by atoms with Crippen LogP contribution in [0.1, 0.15) is 41.7 Å². The lowest BCUT2D eigenvalue weighted by atomic mass is 10.1. The summed E-state index contributed by atoms with van der Waals surface area (Å²) in [5.41, 5.74) is 3.53. The lowest BCUT2D eigenvalue weighted by Gasteiger charge is -2.15. The van der Waals surface area contributed by atoms with Crippen LogP contribution in [-0.4, -0.2) is 5.11 Å². The molecule has 2 aromatic rings. The van der Waals surface area contributed by atoms with Gasteiger partial charge in [0.2, 0.25) is 0 Å².